The normalized spacial score (nSPS) is 13.7. The smallest absolute Gasteiger partial charge is 0.329 e. The van der Waals surface area contributed by atoms with Crippen LogP contribution < -0.4 is 10.1 Å². The number of hydrogen-bond donors (Lipinski definition) is 1. The van der Waals surface area contributed by atoms with Crippen molar-refractivity contribution in [2.45, 2.75) is 26.3 Å². The maximum atomic E-state index is 13.5. The number of likely N-dealkylation sites (N-methyl/N-ethyl adjacent to an activating group) is 1. The molecule has 4 nitrogen and oxygen atoms in total. The molecule has 0 aliphatic carbocycles. The molecule has 0 bridgehead atoms. The van der Waals surface area contributed by atoms with Crippen molar-refractivity contribution in [1.29, 1.82) is 0 Å². The molecule has 112 valence electrons. The lowest BCUT2D eigenvalue weighted by molar-refractivity contribution is -0.151. The van der Waals surface area contributed by atoms with Crippen LogP contribution in [0.1, 0.15) is 20.8 Å². The summed E-state index contributed by atoms with van der Waals surface area (Å²) < 4.78 is 37.0. The molecule has 0 spiro atoms. The van der Waals surface area contributed by atoms with Crippen molar-refractivity contribution in [3.05, 3.63) is 29.8 Å². The minimum Gasteiger partial charge on any atom is -0.485 e. The highest BCUT2D eigenvalue weighted by Gasteiger charge is 2.35. The largest absolute Gasteiger partial charge is 0.485 e. The molecule has 0 heterocycles. The second-order valence-corrected chi connectivity index (χ2v) is 4.42. The van der Waals surface area contributed by atoms with Gasteiger partial charge in [-0.3, -0.25) is 5.32 Å². The van der Waals surface area contributed by atoms with E-state index in [4.69, 9.17) is 9.47 Å². The maximum absolute atomic E-state index is 13.5. The summed E-state index contributed by atoms with van der Waals surface area (Å²) in [6, 6.07) is 3.42. The molecule has 1 aromatic carbocycles. The number of halogens is 2. The van der Waals surface area contributed by atoms with Gasteiger partial charge >= 0.3 is 5.97 Å². The van der Waals surface area contributed by atoms with Gasteiger partial charge in [-0.1, -0.05) is 13.0 Å². The SMILES string of the molecule is CCNC(C)(COc1c(F)cccc1F)C(=O)OCC. The first-order chi connectivity index (χ1) is 9.44. The van der Waals surface area contributed by atoms with Gasteiger partial charge in [-0.15, -0.1) is 0 Å². The molecular formula is C14H19F2NO3. The van der Waals surface area contributed by atoms with Crippen LogP contribution in [0.2, 0.25) is 0 Å². The van der Waals surface area contributed by atoms with Gasteiger partial charge in [0.05, 0.1) is 6.61 Å². The summed E-state index contributed by atoms with van der Waals surface area (Å²) in [6.07, 6.45) is 0. The molecule has 0 fully saturated rings. The Kier molecular flexibility index (Phi) is 5.88. The molecule has 0 radical (unpaired) electrons. The second-order valence-electron chi connectivity index (χ2n) is 4.42. The summed E-state index contributed by atoms with van der Waals surface area (Å²) in [5, 5.41) is 2.91. The third kappa shape index (κ3) is 3.90. The number of carbonyl (C=O) groups is 1. The molecule has 0 aromatic heterocycles. The zero-order chi connectivity index (χ0) is 15.2. The van der Waals surface area contributed by atoms with Crippen molar-refractivity contribution in [3.8, 4) is 5.75 Å². The molecule has 0 saturated heterocycles. The lowest BCUT2D eigenvalue weighted by atomic mass is 10.0. The zero-order valence-corrected chi connectivity index (χ0v) is 11.8. The van der Waals surface area contributed by atoms with Gasteiger partial charge in [-0.25, -0.2) is 13.6 Å². The molecule has 6 heteroatoms. The van der Waals surface area contributed by atoms with Gasteiger partial charge in [-0.05, 0) is 32.5 Å². The summed E-state index contributed by atoms with van der Waals surface area (Å²) in [5.41, 5.74) is -1.17. The summed E-state index contributed by atoms with van der Waals surface area (Å²) in [7, 11) is 0. The van der Waals surface area contributed by atoms with E-state index >= 15 is 0 Å². The summed E-state index contributed by atoms with van der Waals surface area (Å²) >= 11 is 0. The number of ether oxygens (including phenoxy) is 2. The molecule has 1 aromatic rings. The number of benzene rings is 1. The number of rotatable bonds is 7. The van der Waals surface area contributed by atoms with Crippen molar-refractivity contribution in [2.75, 3.05) is 19.8 Å². The van der Waals surface area contributed by atoms with Gasteiger partial charge in [0.15, 0.2) is 17.4 Å². The number of carbonyl (C=O) groups excluding carboxylic acids is 1. The van der Waals surface area contributed by atoms with Crippen LogP contribution in [0.15, 0.2) is 18.2 Å². The van der Waals surface area contributed by atoms with Crippen molar-refractivity contribution in [3.63, 3.8) is 0 Å². The molecule has 0 aliphatic heterocycles. The maximum Gasteiger partial charge on any atom is 0.329 e. The lowest BCUT2D eigenvalue weighted by Crippen LogP contribution is -2.54. The Balaban J connectivity index is 2.84. The van der Waals surface area contributed by atoms with Crippen LogP contribution in [0.25, 0.3) is 0 Å². The van der Waals surface area contributed by atoms with Gasteiger partial charge in [0.2, 0.25) is 0 Å². The van der Waals surface area contributed by atoms with Crippen LogP contribution in [0.3, 0.4) is 0 Å². The highest BCUT2D eigenvalue weighted by molar-refractivity contribution is 5.80. The van der Waals surface area contributed by atoms with Crippen LogP contribution in [0.5, 0.6) is 5.75 Å². The molecule has 0 amide bonds. The van der Waals surface area contributed by atoms with Gasteiger partial charge in [0.25, 0.3) is 0 Å². The predicted octanol–water partition coefficient (Wildman–Crippen LogP) is 2.27. The van der Waals surface area contributed by atoms with Crippen molar-refractivity contribution in [2.24, 2.45) is 0 Å². The fourth-order valence-electron chi connectivity index (χ4n) is 1.70. The minimum absolute atomic E-state index is 0.216. The van der Waals surface area contributed by atoms with Gasteiger partial charge in [-0.2, -0.15) is 0 Å². The Labute approximate surface area is 117 Å². The molecule has 1 N–H and O–H groups in total. The van der Waals surface area contributed by atoms with Crippen molar-refractivity contribution >= 4 is 5.97 Å². The van der Waals surface area contributed by atoms with E-state index in [1.807, 2.05) is 0 Å². The second kappa shape index (κ2) is 7.19. The molecule has 1 atom stereocenters. The molecule has 1 unspecified atom stereocenters. The van der Waals surface area contributed by atoms with E-state index < -0.39 is 28.9 Å². The number of nitrogens with one attached hydrogen (secondary N) is 1. The van der Waals surface area contributed by atoms with Gasteiger partial charge in [0, 0.05) is 0 Å². The summed E-state index contributed by atoms with van der Waals surface area (Å²) in [4.78, 5) is 11.9. The average molecular weight is 287 g/mol. The molecule has 0 saturated carbocycles. The standard InChI is InChI=1S/C14H19F2NO3/c1-4-17-14(3,13(18)19-5-2)9-20-12-10(15)7-6-8-11(12)16/h6-8,17H,4-5,9H2,1-3H3. The Hall–Kier alpha value is -1.69. The first-order valence-electron chi connectivity index (χ1n) is 6.43. The van der Waals surface area contributed by atoms with Crippen molar-refractivity contribution in [1.82, 2.24) is 5.32 Å². The first kappa shape index (κ1) is 16.4. The van der Waals surface area contributed by atoms with E-state index in [0.29, 0.717) is 6.54 Å². The topological polar surface area (TPSA) is 47.6 Å². The summed E-state index contributed by atoms with van der Waals surface area (Å²) in [5.74, 6) is -2.65. The number of para-hydroxylation sites is 1. The van der Waals surface area contributed by atoms with Crippen molar-refractivity contribution < 1.29 is 23.0 Å². The summed E-state index contributed by atoms with van der Waals surface area (Å²) in [6.45, 7) is 5.51. The van der Waals surface area contributed by atoms with E-state index in [1.54, 1.807) is 20.8 Å². The van der Waals surface area contributed by atoms with Crippen LogP contribution in [-0.2, 0) is 9.53 Å². The molecule has 20 heavy (non-hydrogen) atoms. The Bertz CT molecular complexity index is 447. The third-order valence-corrected chi connectivity index (χ3v) is 2.72. The van der Waals surface area contributed by atoms with Crippen LogP contribution in [0.4, 0.5) is 8.78 Å². The quantitative estimate of drug-likeness (QED) is 0.782. The number of esters is 1. The molecular weight excluding hydrogens is 268 g/mol. The molecule has 1 rings (SSSR count). The molecule has 0 aliphatic rings. The first-order valence-corrected chi connectivity index (χ1v) is 6.43. The monoisotopic (exact) mass is 287 g/mol. The van der Waals surface area contributed by atoms with Crippen LogP contribution in [-0.4, -0.2) is 31.3 Å². The van der Waals surface area contributed by atoms with E-state index in [2.05, 4.69) is 5.32 Å². The fourth-order valence-corrected chi connectivity index (χ4v) is 1.70. The van der Waals surface area contributed by atoms with E-state index in [9.17, 15) is 13.6 Å². The highest BCUT2D eigenvalue weighted by Crippen LogP contribution is 2.22. The van der Waals surface area contributed by atoms with Gasteiger partial charge in [0.1, 0.15) is 12.1 Å². The van der Waals surface area contributed by atoms with E-state index in [1.165, 1.54) is 6.07 Å². The minimum atomic E-state index is -1.17. The number of hydrogen-bond acceptors (Lipinski definition) is 4. The fraction of sp³-hybridized carbons (Fsp3) is 0.500. The Morgan fingerprint density at radius 1 is 1.30 bits per heavy atom. The predicted molar refractivity (Wildman–Crippen MR) is 70.6 cm³/mol. The third-order valence-electron chi connectivity index (χ3n) is 2.72. The average Bonchev–Trinajstić information content (AvgIpc) is 2.38. The van der Waals surface area contributed by atoms with Crippen LogP contribution >= 0.6 is 0 Å². The highest BCUT2D eigenvalue weighted by atomic mass is 19.1. The lowest BCUT2D eigenvalue weighted by Gasteiger charge is -2.28. The van der Waals surface area contributed by atoms with Gasteiger partial charge < -0.3 is 9.47 Å². The van der Waals surface area contributed by atoms with E-state index in [0.717, 1.165) is 12.1 Å². The van der Waals surface area contributed by atoms with E-state index in [-0.39, 0.29) is 13.2 Å². The zero-order valence-electron chi connectivity index (χ0n) is 11.8. The Morgan fingerprint density at radius 2 is 1.90 bits per heavy atom. The van der Waals surface area contributed by atoms with Crippen LogP contribution in [0, 0.1) is 11.6 Å². The Morgan fingerprint density at radius 3 is 2.40 bits per heavy atom.